The van der Waals surface area contributed by atoms with Crippen LogP contribution in [0, 0.1) is 18.8 Å². The normalized spacial score (nSPS) is 25.3. The molecule has 2 aromatic rings. The number of thiazole rings is 1. The SMILES string of the molecule is Cc1csc(-c2cnc(N3CC4CC4C3)cn2)n1. The van der Waals surface area contributed by atoms with Crippen LogP contribution >= 0.6 is 11.3 Å². The second-order valence-corrected chi connectivity index (χ2v) is 6.07. The molecule has 92 valence electrons. The van der Waals surface area contributed by atoms with Crippen LogP contribution in [0.4, 0.5) is 5.82 Å². The van der Waals surface area contributed by atoms with E-state index in [0.717, 1.165) is 47.1 Å². The number of anilines is 1. The molecule has 2 fully saturated rings. The molecule has 3 heterocycles. The summed E-state index contributed by atoms with van der Waals surface area (Å²) in [6.07, 6.45) is 5.15. The number of aromatic nitrogens is 3. The van der Waals surface area contributed by atoms with Crippen molar-refractivity contribution >= 4 is 17.2 Å². The number of aryl methyl sites for hydroxylation is 1. The highest BCUT2D eigenvalue weighted by Crippen LogP contribution is 2.45. The number of rotatable bonds is 2. The van der Waals surface area contributed by atoms with E-state index in [1.54, 1.807) is 11.3 Å². The molecular formula is C13H14N4S. The van der Waals surface area contributed by atoms with E-state index in [1.165, 1.54) is 6.42 Å². The summed E-state index contributed by atoms with van der Waals surface area (Å²) < 4.78 is 0. The molecule has 0 N–H and O–H groups in total. The van der Waals surface area contributed by atoms with Crippen molar-refractivity contribution in [3.8, 4) is 10.7 Å². The zero-order valence-electron chi connectivity index (χ0n) is 10.2. The molecule has 18 heavy (non-hydrogen) atoms. The lowest BCUT2D eigenvalue weighted by atomic mass is 10.4. The Morgan fingerprint density at radius 1 is 1.22 bits per heavy atom. The van der Waals surface area contributed by atoms with Gasteiger partial charge in [-0.05, 0) is 25.2 Å². The number of fused-ring (bicyclic) bond motifs is 1. The second-order valence-electron chi connectivity index (χ2n) is 5.21. The molecule has 1 aliphatic carbocycles. The lowest BCUT2D eigenvalue weighted by Gasteiger charge is -2.18. The van der Waals surface area contributed by atoms with E-state index in [-0.39, 0.29) is 0 Å². The summed E-state index contributed by atoms with van der Waals surface area (Å²) in [4.78, 5) is 15.8. The number of nitrogens with zero attached hydrogens (tertiary/aromatic N) is 4. The van der Waals surface area contributed by atoms with Crippen LogP contribution in [0.2, 0.25) is 0 Å². The van der Waals surface area contributed by atoms with Crippen molar-refractivity contribution in [2.24, 2.45) is 11.8 Å². The van der Waals surface area contributed by atoms with Gasteiger partial charge in [0.2, 0.25) is 0 Å². The van der Waals surface area contributed by atoms with Crippen LogP contribution < -0.4 is 4.90 Å². The van der Waals surface area contributed by atoms with E-state index >= 15 is 0 Å². The lowest BCUT2D eigenvalue weighted by Crippen LogP contribution is -2.22. The molecule has 1 saturated heterocycles. The van der Waals surface area contributed by atoms with Gasteiger partial charge in [0.05, 0.1) is 12.4 Å². The topological polar surface area (TPSA) is 41.9 Å². The molecule has 0 bridgehead atoms. The van der Waals surface area contributed by atoms with Gasteiger partial charge in [-0.25, -0.2) is 15.0 Å². The van der Waals surface area contributed by atoms with Crippen LogP contribution in [-0.4, -0.2) is 28.0 Å². The Balaban J connectivity index is 1.57. The van der Waals surface area contributed by atoms with E-state index in [9.17, 15) is 0 Å². The van der Waals surface area contributed by atoms with Crippen molar-refractivity contribution in [3.63, 3.8) is 0 Å². The largest absolute Gasteiger partial charge is 0.355 e. The average Bonchev–Trinajstić information content (AvgIpc) is 2.82. The third-order valence-electron chi connectivity index (χ3n) is 3.78. The summed E-state index contributed by atoms with van der Waals surface area (Å²) in [6, 6.07) is 0. The fourth-order valence-electron chi connectivity index (χ4n) is 2.65. The van der Waals surface area contributed by atoms with E-state index in [1.807, 2.05) is 24.7 Å². The minimum absolute atomic E-state index is 0.876. The molecule has 0 spiro atoms. The first-order valence-electron chi connectivity index (χ1n) is 6.29. The van der Waals surface area contributed by atoms with Gasteiger partial charge in [0.15, 0.2) is 0 Å². The highest BCUT2D eigenvalue weighted by atomic mass is 32.1. The monoisotopic (exact) mass is 258 g/mol. The van der Waals surface area contributed by atoms with Gasteiger partial charge in [-0.1, -0.05) is 0 Å². The van der Waals surface area contributed by atoms with Crippen molar-refractivity contribution in [2.45, 2.75) is 13.3 Å². The molecular weight excluding hydrogens is 244 g/mol. The molecule has 5 heteroatoms. The fourth-order valence-corrected chi connectivity index (χ4v) is 3.41. The first kappa shape index (κ1) is 10.4. The Labute approximate surface area is 110 Å². The Morgan fingerprint density at radius 2 is 2.06 bits per heavy atom. The molecule has 4 rings (SSSR count). The highest BCUT2D eigenvalue weighted by Gasteiger charge is 2.45. The molecule has 0 aromatic carbocycles. The van der Waals surface area contributed by atoms with E-state index in [4.69, 9.17) is 0 Å². The highest BCUT2D eigenvalue weighted by molar-refractivity contribution is 7.13. The molecule has 2 aliphatic rings. The first-order valence-corrected chi connectivity index (χ1v) is 7.17. The van der Waals surface area contributed by atoms with Crippen LogP contribution in [0.1, 0.15) is 12.1 Å². The second kappa shape index (κ2) is 3.75. The third-order valence-corrected chi connectivity index (χ3v) is 4.76. The van der Waals surface area contributed by atoms with Crippen molar-refractivity contribution in [2.75, 3.05) is 18.0 Å². The maximum Gasteiger partial charge on any atom is 0.147 e. The first-order chi connectivity index (χ1) is 8.79. The van der Waals surface area contributed by atoms with Gasteiger partial charge in [0, 0.05) is 24.2 Å². The van der Waals surface area contributed by atoms with Crippen LogP contribution in [0.15, 0.2) is 17.8 Å². The molecule has 2 aromatic heterocycles. The van der Waals surface area contributed by atoms with Gasteiger partial charge in [-0.3, -0.25) is 0 Å². The summed E-state index contributed by atoms with van der Waals surface area (Å²) in [5.41, 5.74) is 1.92. The van der Waals surface area contributed by atoms with Gasteiger partial charge in [-0.15, -0.1) is 11.3 Å². The smallest absolute Gasteiger partial charge is 0.147 e. The summed E-state index contributed by atoms with van der Waals surface area (Å²) in [6.45, 7) is 4.32. The van der Waals surface area contributed by atoms with Crippen molar-refractivity contribution in [1.29, 1.82) is 0 Å². The standard InChI is InChI=1S/C13H14N4S/c1-8-7-18-13(16-8)11-3-15-12(4-14-11)17-5-9-2-10(9)6-17/h3-4,7,9-10H,2,5-6H2,1H3. The molecule has 2 unspecified atom stereocenters. The third kappa shape index (κ3) is 1.70. The summed E-state index contributed by atoms with van der Waals surface area (Å²) >= 11 is 1.62. The predicted molar refractivity (Wildman–Crippen MR) is 71.7 cm³/mol. The molecule has 0 amide bonds. The molecule has 1 saturated carbocycles. The zero-order valence-corrected chi connectivity index (χ0v) is 11.0. The fraction of sp³-hybridized carbons (Fsp3) is 0.462. The summed E-state index contributed by atoms with van der Waals surface area (Å²) in [5.74, 6) is 2.86. The van der Waals surface area contributed by atoms with Crippen molar-refractivity contribution in [3.05, 3.63) is 23.5 Å². The van der Waals surface area contributed by atoms with E-state index in [2.05, 4.69) is 19.9 Å². The average molecular weight is 258 g/mol. The van der Waals surface area contributed by atoms with E-state index in [0.29, 0.717) is 0 Å². The molecule has 2 atom stereocenters. The molecule has 0 radical (unpaired) electrons. The van der Waals surface area contributed by atoms with Gasteiger partial charge in [0.1, 0.15) is 16.5 Å². The van der Waals surface area contributed by atoms with Crippen LogP contribution in [-0.2, 0) is 0 Å². The maximum absolute atomic E-state index is 4.53. The Hall–Kier alpha value is -1.49. The number of hydrogen-bond acceptors (Lipinski definition) is 5. The Bertz CT molecular complexity index is 567. The Morgan fingerprint density at radius 3 is 2.67 bits per heavy atom. The minimum atomic E-state index is 0.876. The van der Waals surface area contributed by atoms with Crippen LogP contribution in [0.25, 0.3) is 10.7 Å². The predicted octanol–water partition coefficient (Wildman–Crippen LogP) is 2.36. The number of hydrogen-bond donors (Lipinski definition) is 0. The Kier molecular flexibility index (Phi) is 2.17. The zero-order chi connectivity index (χ0) is 12.1. The minimum Gasteiger partial charge on any atom is -0.355 e. The van der Waals surface area contributed by atoms with E-state index < -0.39 is 0 Å². The quantitative estimate of drug-likeness (QED) is 0.829. The van der Waals surface area contributed by atoms with Crippen molar-refractivity contribution in [1.82, 2.24) is 15.0 Å². The summed E-state index contributed by atoms with van der Waals surface area (Å²) in [5, 5.41) is 3.00. The van der Waals surface area contributed by atoms with Crippen LogP contribution in [0.3, 0.4) is 0 Å². The van der Waals surface area contributed by atoms with Gasteiger partial charge >= 0.3 is 0 Å². The maximum atomic E-state index is 4.53. The summed E-state index contributed by atoms with van der Waals surface area (Å²) in [7, 11) is 0. The van der Waals surface area contributed by atoms with Crippen molar-refractivity contribution < 1.29 is 0 Å². The van der Waals surface area contributed by atoms with Crippen LogP contribution in [0.5, 0.6) is 0 Å². The molecule has 4 nitrogen and oxygen atoms in total. The molecule has 1 aliphatic heterocycles. The lowest BCUT2D eigenvalue weighted by molar-refractivity contribution is 0.802. The van der Waals surface area contributed by atoms with Gasteiger partial charge in [0.25, 0.3) is 0 Å². The van der Waals surface area contributed by atoms with Gasteiger partial charge < -0.3 is 4.90 Å². The number of piperidine rings is 1. The van der Waals surface area contributed by atoms with Gasteiger partial charge in [-0.2, -0.15) is 0 Å².